The van der Waals surface area contributed by atoms with E-state index >= 15 is 0 Å². The summed E-state index contributed by atoms with van der Waals surface area (Å²) in [6, 6.07) is 64.8. The molecule has 6 nitrogen and oxygen atoms in total. The molecule has 0 atom stereocenters. The Morgan fingerprint density at radius 1 is 0.333 bits per heavy atom. The highest BCUT2D eigenvalue weighted by Gasteiger charge is 2.22. The van der Waals surface area contributed by atoms with Crippen LogP contribution in [0.25, 0.3) is 93.6 Å². The summed E-state index contributed by atoms with van der Waals surface area (Å²) in [5.74, 6) is 0. The zero-order valence-electron chi connectivity index (χ0n) is 30.3. The van der Waals surface area contributed by atoms with Gasteiger partial charge in [0.05, 0.1) is 67.6 Å². The van der Waals surface area contributed by atoms with Crippen LogP contribution in [0.3, 0.4) is 0 Å². The highest BCUT2D eigenvalue weighted by Crippen LogP contribution is 2.41. The smallest absolute Gasteiger partial charge is 0.101 e. The molecule has 0 amide bonds. The Kier molecular flexibility index (Phi) is 6.95. The molecular formula is C51H28N6. The molecule has 0 fully saturated rings. The summed E-state index contributed by atoms with van der Waals surface area (Å²) in [4.78, 5) is 0. The van der Waals surface area contributed by atoms with Crippen LogP contribution in [-0.2, 0) is 0 Å². The van der Waals surface area contributed by atoms with Crippen molar-refractivity contribution in [3.8, 4) is 46.4 Å². The molecule has 11 aromatic rings. The van der Waals surface area contributed by atoms with Gasteiger partial charge >= 0.3 is 0 Å². The Morgan fingerprint density at radius 3 is 1.49 bits per heavy atom. The van der Waals surface area contributed by atoms with Crippen molar-refractivity contribution in [1.82, 2.24) is 13.7 Å². The predicted octanol–water partition coefficient (Wildman–Crippen LogP) is 12.3. The quantitative estimate of drug-likeness (QED) is 0.181. The minimum Gasteiger partial charge on any atom is -0.309 e. The van der Waals surface area contributed by atoms with Gasteiger partial charge in [-0.1, -0.05) is 91.0 Å². The van der Waals surface area contributed by atoms with Crippen LogP contribution < -0.4 is 0 Å². The maximum absolute atomic E-state index is 10.6. The first-order valence-corrected chi connectivity index (χ1v) is 18.7. The van der Waals surface area contributed by atoms with Gasteiger partial charge in [-0.15, -0.1) is 0 Å². The molecule has 3 aromatic heterocycles. The summed E-state index contributed by atoms with van der Waals surface area (Å²) < 4.78 is 6.70. The van der Waals surface area contributed by atoms with Crippen molar-refractivity contribution in [2.45, 2.75) is 0 Å². The lowest BCUT2D eigenvalue weighted by atomic mass is 9.97. The molecule has 0 spiro atoms. The summed E-state index contributed by atoms with van der Waals surface area (Å²) in [5.41, 5.74) is 11.9. The van der Waals surface area contributed by atoms with Crippen molar-refractivity contribution >= 4 is 65.4 Å². The summed E-state index contributed by atoms with van der Waals surface area (Å²) in [5, 5.41) is 37.5. The SMILES string of the molecule is N#Cc1cc(-c2cccc(C#N)c2-n2c3ccccc3c3cc(C#N)ccc32)cc(-n2c3ccccc3c3ccc(-n4c5ccccc5c5ccccc54)cc32)c1. The standard InChI is InChI=1S/C51H28N6/c52-29-32-20-23-49-44(26-32)42-14-4-8-19-48(42)57(49)51-34(31-54)10-9-15-38(51)35-24-33(30-53)25-37(27-35)56-47-18-7-3-13-41(47)43-22-21-36(28-50(43)56)55-45-16-5-1-11-39(45)40-12-2-6-17-46(40)55/h1-28H. The van der Waals surface area contributed by atoms with Gasteiger partial charge in [0, 0.05) is 49.3 Å². The van der Waals surface area contributed by atoms with Crippen LogP contribution in [0.2, 0.25) is 0 Å². The zero-order valence-corrected chi connectivity index (χ0v) is 30.3. The van der Waals surface area contributed by atoms with Crippen molar-refractivity contribution in [2.24, 2.45) is 0 Å². The lowest BCUT2D eigenvalue weighted by molar-refractivity contribution is 1.15. The van der Waals surface area contributed by atoms with E-state index < -0.39 is 0 Å². The Bertz CT molecular complexity index is 3580. The van der Waals surface area contributed by atoms with E-state index in [0.717, 1.165) is 77.1 Å². The van der Waals surface area contributed by atoms with E-state index in [4.69, 9.17) is 0 Å². The van der Waals surface area contributed by atoms with Gasteiger partial charge < -0.3 is 13.7 Å². The number of nitriles is 3. The number of aromatic nitrogens is 3. The van der Waals surface area contributed by atoms with Crippen molar-refractivity contribution in [3.05, 3.63) is 187 Å². The van der Waals surface area contributed by atoms with Crippen molar-refractivity contribution in [1.29, 1.82) is 15.8 Å². The van der Waals surface area contributed by atoms with Gasteiger partial charge in [0.1, 0.15) is 6.07 Å². The first-order chi connectivity index (χ1) is 28.1. The van der Waals surface area contributed by atoms with Crippen LogP contribution in [0.5, 0.6) is 0 Å². The fourth-order valence-corrected chi connectivity index (χ4v) is 8.93. The summed E-state index contributed by atoms with van der Waals surface area (Å²) >= 11 is 0. The molecule has 3 heterocycles. The molecule has 0 saturated carbocycles. The van der Waals surface area contributed by atoms with Crippen molar-refractivity contribution in [2.75, 3.05) is 0 Å². The van der Waals surface area contributed by atoms with Crippen LogP contribution >= 0.6 is 0 Å². The van der Waals surface area contributed by atoms with Crippen LogP contribution in [0.1, 0.15) is 16.7 Å². The lowest BCUT2D eigenvalue weighted by Crippen LogP contribution is -2.02. The van der Waals surface area contributed by atoms with E-state index in [0.29, 0.717) is 22.4 Å². The molecule has 8 aromatic carbocycles. The third-order valence-electron chi connectivity index (χ3n) is 11.3. The number of hydrogen-bond acceptors (Lipinski definition) is 3. The highest BCUT2D eigenvalue weighted by molar-refractivity contribution is 6.13. The van der Waals surface area contributed by atoms with Crippen molar-refractivity contribution in [3.63, 3.8) is 0 Å². The van der Waals surface area contributed by atoms with Gasteiger partial charge in [0.15, 0.2) is 0 Å². The summed E-state index contributed by atoms with van der Waals surface area (Å²) in [6.07, 6.45) is 0. The third kappa shape index (κ3) is 4.68. The van der Waals surface area contributed by atoms with E-state index in [2.05, 4.69) is 129 Å². The molecule has 262 valence electrons. The molecular weight excluding hydrogens is 697 g/mol. The minimum atomic E-state index is 0.496. The number of para-hydroxylation sites is 5. The highest BCUT2D eigenvalue weighted by atomic mass is 15.0. The molecule has 6 heteroatoms. The fourth-order valence-electron chi connectivity index (χ4n) is 8.93. The monoisotopic (exact) mass is 724 g/mol. The number of nitrogens with zero attached hydrogens (tertiary/aromatic N) is 6. The Labute approximate surface area is 326 Å². The van der Waals surface area contributed by atoms with E-state index in [1.54, 1.807) is 0 Å². The van der Waals surface area contributed by atoms with E-state index in [9.17, 15) is 15.8 Å². The minimum absolute atomic E-state index is 0.496. The Hall–Kier alpha value is -8.37. The normalized spacial score (nSPS) is 11.5. The third-order valence-corrected chi connectivity index (χ3v) is 11.3. The number of benzene rings is 8. The van der Waals surface area contributed by atoms with Crippen LogP contribution in [0.15, 0.2) is 170 Å². The average molecular weight is 725 g/mol. The summed E-state index contributed by atoms with van der Waals surface area (Å²) in [7, 11) is 0. The summed E-state index contributed by atoms with van der Waals surface area (Å²) in [6.45, 7) is 0. The first kappa shape index (κ1) is 32.1. The molecule has 0 saturated heterocycles. The van der Waals surface area contributed by atoms with Crippen LogP contribution in [0, 0.1) is 34.0 Å². The topological polar surface area (TPSA) is 86.2 Å². The van der Waals surface area contributed by atoms with Gasteiger partial charge in [-0.25, -0.2) is 0 Å². The van der Waals surface area contributed by atoms with Crippen LogP contribution in [-0.4, -0.2) is 13.7 Å². The molecule has 0 unspecified atom stereocenters. The molecule has 0 bridgehead atoms. The molecule has 0 radical (unpaired) electrons. The van der Waals surface area contributed by atoms with E-state index in [1.165, 1.54) is 10.8 Å². The predicted molar refractivity (Wildman–Crippen MR) is 229 cm³/mol. The maximum Gasteiger partial charge on any atom is 0.101 e. The molecule has 57 heavy (non-hydrogen) atoms. The number of hydrogen-bond donors (Lipinski definition) is 0. The maximum atomic E-state index is 10.6. The zero-order chi connectivity index (χ0) is 38.2. The van der Waals surface area contributed by atoms with Gasteiger partial charge in [0.2, 0.25) is 0 Å². The largest absolute Gasteiger partial charge is 0.309 e. The number of rotatable bonds is 4. The Morgan fingerprint density at radius 2 is 0.877 bits per heavy atom. The van der Waals surface area contributed by atoms with Gasteiger partial charge in [-0.2, -0.15) is 15.8 Å². The molecule has 0 N–H and O–H groups in total. The fraction of sp³-hybridized carbons (Fsp3) is 0. The molecule has 11 rings (SSSR count). The first-order valence-electron chi connectivity index (χ1n) is 18.7. The second-order valence-electron chi connectivity index (χ2n) is 14.3. The van der Waals surface area contributed by atoms with Crippen molar-refractivity contribution < 1.29 is 0 Å². The van der Waals surface area contributed by atoms with Gasteiger partial charge in [0.25, 0.3) is 0 Å². The lowest BCUT2D eigenvalue weighted by Gasteiger charge is -2.17. The molecule has 0 aliphatic heterocycles. The average Bonchev–Trinajstić information content (AvgIpc) is 3.91. The van der Waals surface area contributed by atoms with E-state index in [-0.39, 0.29) is 0 Å². The Balaban J connectivity index is 1.19. The van der Waals surface area contributed by atoms with Gasteiger partial charge in [-0.3, -0.25) is 0 Å². The molecule has 0 aliphatic carbocycles. The second-order valence-corrected chi connectivity index (χ2v) is 14.3. The number of fused-ring (bicyclic) bond motifs is 9. The van der Waals surface area contributed by atoms with Crippen LogP contribution in [0.4, 0.5) is 0 Å². The van der Waals surface area contributed by atoms with E-state index in [1.807, 2.05) is 72.8 Å². The molecule has 0 aliphatic rings. The van der Waals surface area contributed by atoms with Gasteiger partial charge in [-0.05, 0) is 84.4 Å². The second kappa shape index (κ2) is 12.3.